The molecule has 0 radical (unpaired) electrons. The lowest BCUT2D eigenvalue weighted by atomic mass is 9.99. The molecule has 8 nitrogen and oxygen atoms in total. The second-order valence-corrected chi connectivity index (χ2v) is 5.91. The minimum Gasteiger partial charge on any atom is -0.333 e. The Bertz CT molecular complexity index is 611. The summed E-state index contributed by atoms with van der Waals surface area (Å²) in [4.78, 5) is 34.2. The van der Waals surface area contributed by atoms with Gasteiger partial charge in [-0.05, 0) is 26.7 Å². The molecule has 0 spiro atoms. The van der Waals surface area contributed by atoms with E-state index in [-0.39, 0.29) is 18.4 Å². The van der Waals surface area contributed by atoms with E-state index in [9.17, 15) is 9.59 Å². The largest absolute Gasteiger partial charge is 0.333 e. The maximum absolute atomic E-state index is 12.0. The number of carbonyl (C=O) groups excluding carboxylic acids is 2. The molecule has 21 heavy (non-hydrogen) atoms. The first-order chi connectivity index (χ1) is 9.91. The standard InChI is InChI=1S/C13H18N6O2/c1-13(2)12(21)17-10(20)6-19(13)9-5-8(18-14)15-11(16-9)7-3-4-7/h5,7H,3-4,6,14H2,1-2H3,(H,15,16,18)(H,17,20,21). The number of imide groups is 1. The van der Waals surface area contributed by atoms with E-state index in [2.05, 4.69) is 20.7 Å². The summed E-state index contributed by atoms with van der Waals surface area (Å²) < 4.78 is 0. The molecular formula is C13H18N6O2. The first kappa shape index (κ1) is 13.7. The molecule has 1 aromatic rings. The molecule has 2 amide bonds. The Morgan fingerprint density at radius 3 is 2.71 bits per heavy atom. The lowest BCUT2D eigenvalue weighted by Gasteiger charge is -2.41. The molecule has 1 saturated carbocycles. The highest BCUT2D eigenvalue weighted by molar-refractivity contribution is 6.06. The van der Waals surface area contributed by atoms with Crippen LogP contribution in [0.15, 0.2) is 6.07 Å². The second-order valence-electron chi connectivity index (χ2n) is 5.91. The number of hydrogen-bond acceptors (Lipinski definition) is 7. The number of hydrazine groups is 1. The normalized spacial score (nSPS) is 21.2. The number of rotatable bonds is 3. The third-order valence-electron chi connectivity index (χ3n) is 3.88. The summed E-state index contributed by atoms with van der Waals surface area (Å²) in [6.07, 6.45) is 2.10. The van der Waals surface area contributed by atoms with E-state index in [1.165, 1.54) is 0 Å². The summed E-state index contributed by atoms with van der Waals surface area (Å²) in [6.45, 7) is 3.58. The number of anilines is 2. The van der Waals surface area contributed by atoms with Gasteiger partial charge < -0.3 is 10.3 Å². The van der Waals surface area contributed by atoms with Crippen LogP contribution in [0.2, 0.25) is 0 Å². The summed E-state index contributed by atoms with van der Waals surface area (Å²) in [5.41, 5.74) is 1.65. The minimum atomic E-state index is -0.866. The van der Waals surface area contributed by atoms with E-state index in [1.54, 1.807) is 24.8 Å². The molecule has 8 heteroatoms. The van der Waals surface area contributed by atoms with Gasteiger partial charge in [0.25, 0.3) is 5.91 Å². The molecule has 0 aromatic carbocycles. The van der Waals surface area contributed by atoms with Crippen LogP contribution in [0.1, 0.15) is 38.4 Å². The maximum Gasteiger partial charge on any atom is 0.251 e. The quantitative estimate of drug-likeness (QED) is 0.404. The van der Waals surface area contributed by atoms with E-state index >= 15 is 0 Å². The molecule has 2 heterocycles. The number of piperazine rings is 1. The van der Waals surface area contributed by atoms with Gasteiger partial charge in [0.15, 0.2) is 0 Å². The number of nitrogens with one attached hydrogen (secondary N) is 2. The first-order valence-electron chi connectivity index (χ1n) is 6.89. The Morgan fingerprint density at radius 1 is 1.38 bits per heavy atom. The van der Waals surface area contributed by atoms with Crippen LogP contribution in [0.5, 0.6) is 0 Å². The molecule has 2 aliphatic rings. The predicted octanol–water partition coefficient (Wildman–Crippen LogP) is -0.119. The third kappa shape index (κ3) is 2.42. The monoisotopic (exact) mass is 290 g/mol. The third-order valence-corrected chi connectivity index (χ3v) is 3.88. The summed E-state index contributed by atoms with van der Waals surface area (Å²) in [7, 11) is 0. The number of hydrogen-bond donors (Lipinski definition) is 3. The number of nitrogens with zero attached hydrogens (tertiary/aromatic N) is 3. The van der Waals surface area contributed by atoms with Gasteiger partial charge in [0.05, 0.1) is 6.54 Å². The first-order valence-corrected chi connectivity index (χ1v) is 6.89. The van der Waals surface area contributed by atoms with E-state index < -0.39 is 5.54 Å². The number of amides is 2. The van der Waals surface area contributed by atoms with Crippen molar-refractivity contribution >= 4 is 23.5 Å². The highest BCUT2D eigenvalue weighted by atomic mass is 16.2. The van der Waals surface area contributed by atoms with Crippen LogP contribution in [0, 0.1) is 0 Å². The highest BCUT2D eigenvalue weighted by Crippen LogP contribution is 2.39. The van der Waals surface area contributed by atoms with Crippen LogP contribution < -0.4 is 21.5 Å². The maximum atomic E-state index is 12.0. The molecule has 0 bridgehead atoms. The molecule has 1 aliphatic heterocycles. The lowest BCUT2D eigenvalue weighted by molar-refractivity contribution is -0.135. The molecule has 2 fully saturated rings. The highest BCUT2D eigenvalue weighted by Gasteiger charge is 2.42. The van der Waals surface area contributed by atoms with Crippen LogP contribution >= 0.6 is 0 Å². The Kier molecular flexibility index (Phi) is 3.05. The molecule has 112 valence electrons. The summed E-state index contributed by atoms with van der Waals surface area (Å²) >= 11 is 0. The fraction of sp³-hybridized carbons (Fsp3) is 0.538. The van der Waals surface area contributed by atoms with Gasteiger partial charge >= 0.3 is 0 Å². The summed E-state index contributed by atoms with van der Waals surface area (Å²) in [5.74, 6) is 6.84. The van der Waals surface area contributed by atoms with Crippen molar-refractivity contribution in [3.8, 4) is 0 Å². The molecule has 3 rings (SSSR count). The van der Waals surface area contributed by atoms with Gasteiger partial charge in [-0.3, -0.25) is 14.9 Å². The zero-order chi connectivity index (χ0) is 15.2. The zero-order valence-electron chi connectivity index (χ0n) is 12.0. The van der Waals surface area contributed by atoms with Crippen LogP contribution in [-0.2, 0) is 9.59 Å². The number of aromatic nitrogens is 2. The van der Waals surface area contributed by atoms with Crippen molar-refractivity contribution in [2.75, 3.05) is 16.9 Å². The summed E-state index contributed by atoms with van der Waals surface area (Å²) in [6, 6.07) is 1.65. The van der Waals surface area contributed by atoms with Crippen molar-refractivity contribution in [1.29, 1.82) is 0 Å². The van der Waals surface area contributed by atoms with Gasteiger partial charge in [-0.1, -0.05) is 0 Å². The Morgan fingerprint density at radius 2 is 2.10 bits per heavy atom. The smallest absolute Gasteiger partial charge is 0.251 e. The average Bonchev–Trinajstić information content (AvgIpc) is 3.27. The van der Waals surface area contributed by atoms with Crippen molar-refractivity contribution in [2.45, 2.75) is 38.1 Å². The zero-order valence-corrected chi connectivity index (χ0v) is 12.0. The fourth-order valence-corrected chi connectivity index (χ4v) is 2.34. The van der Waals surface area contributed by atoms with Gasteiger partial charge in [-0.2, -0.15) is 0 Å². The Hall–Kier alpha value is -2.22. The predicted molar refractivity (Wildman–Crippen MR) is 76.4 cm³/mol. The van der Waals surface area contributed by atoms with Gasteiger partial charge in [0, 0.05) is 12.0 Å². The molecule has 0 unspecified atom stereocenters. The van der Waals surface area contributed by atoms with Crippen LogP contribution in [0.4, 0.5) is 11.6 Å². The van der Waals surface area contributed by atoms with Gasteiger partial charge in [-0.25, -0.2) is 15.8 Å². The van der Waals surface area contributed by atoms with Crippen LogP contribution in [-0.4, -0.2) is 33.9 Å². The average molecular weight is 290 g/mol. The SMILES string of the molecule is CC1(C)C(=O)NC(=O)CN1c1cc(NN)nc(C2CC2)n1. The number of nitrogen functional groups attached to an aromatic ring is 1. The van der Waals surface area contributed by atoms with Crippen molar-refractivity contribution in [3.63, 3.8) is 0 Å². The molecule has 1 aliphatic carbocycles. The van der Waals surface area contributed by atoms with Crippen LogP contribution in [0.25, 0.3) is 0 Å². The van der Waals surface area contributed by atoms with Crippen molar-refractivity contribution in [2.24, 2.45) is 5.84 Å². The number of nitrogens with two attached hydrogens (primary N) is 1. The van der Waals surface area contributed by atoms with E-state index in [0.29, 0.717) is 23.4 Å². The lowest BCUT2D eigenvalue weighted by Crippen LogP contribution is -2.64. The van der Waals surface area contributed by atoms with Gasteiger partial charge in [-0.15, -0.1) is 0 Å². The topological polar surface area (TPSA) is 113 Å². The van der Waals surface area contributed by atoms with Crippen molar-refractivity contribution in [3.05, 3.63) is 11.9 Å². The van der Waals surface area contributed by atoms with E-state index in [4.69, 9.17) is 5.84 Å². The van der Waals surface area contributed by atoms with Crippen molar-refractivity contribution in [1.82, 2.24) is 15.3 Å². The molecule has 1 aromatic heterocycles. The molecular weight excluding hydrogens is 272 g/mol. The molecule has 1 saturated heterocycles. The molecule has 0 atom stereocenters. The van der Waals surface area contributed by atoms with E-state index in [1.807, 2.05) is 0 Å². The number of carbonyl (C=O) groups is 2. The van der Waals surface area contributed by atoms with Gasteiger partial charge in [0.1, 0.15) is 23.0 Å². The summed E-state index contributed by atoms with van der Waals surface area (Å²) in [5, 5.41) is 2.34. The second kappa shape index (κ2) is 4.66. The van der Waals surface area contributed by atoms with Gasteiger partial charge in [0.2, 0.25) is 5.91 Å². The van der Waals surface area contributed by atoms with Crippen molar-refractivity contribution < 1.29 is 9.59 Å². The Labute approximate surface area is 122 Å². The Balaban J connectivity index is 2.03. The van der Waals surface area contributed by atoms with Crippen LogP contribution in [0.3, 0.4) is 0 Å². The fourth-order valence-electron chi connectivity index (χ4n) is 2.34. The molecule has 4 N–H and O–H groups in total. The van der Waals surface area contributed by atoms with E-state index in [0.717, 1.165) is 12.8 Å². The minimum absolute atomic E-state index is 0.0733.